The number of ether oxygens (including phenoxy) is 1. The van der Waals surface area contributed by atoms with Gasteiger partial charge in [0, 0.05) is 49.2 Å². The highest BCUT2D eigenvalue weighted by molar-refractivity contribution is 6.03. The lowest BCUT2D eigenvalue weighted by molar-refractivity contribution is 0.102. The van der Waals surface area contributed by atoms with Crippen LogP contribution in [0.2, 0.25) is 0 Å². The maximum Gasteiger partial charge on any atom is 0.322 e. The molecule has 5 aromatic rings. The molecular weight excluding hydrogens is 418 g/mol. The van der Waals surface area contributed by atoms with E-state index in [9.17, 15) is 4.79 Å². The number of pyridine rings is 1. The zero-order valence-electron chi connectivity index (χ0n) is 17.9. The fraction of sp³-hybridized carbons (Fsp3) is 0.0833. The highest BCUT2D eigenvalue weighted by Crippen LogP contribution is 2.27. The first-order valence-electron chi connectivity index (χ1n) is 10.2. The number of rotatable bonds is 5. The quantitative estimate of drug-likeness (QED) is 0.440. The van der Waals surface area contributed by atoms with Gasteiger partial charge in [0.2, 0.25) is 0 Å². The Labute approximate surface area is 189 Å². The first kappa shape index (κ1) is 20.3. The Morgan fingerprint density at radius 3 is 2.79 bits per heavy atom. The van der Waals surface area contributed by atoms with Crippen LogP contribution in [-0.4, -0.2) is 35.4 Å². The van der Waals surface area contributed by atoms with Crippen LogP contribution in [0.4, 0.5) is 5.69 Å². The van der Waals surface area contributed by atoms with Crippen molar-refractivity contribution in [3.05, 3.63) is 84.7 Å². The first-order chi connectivity index (χ1) is 16.1. The molecular formula is C24H19N7O2. The van der Waals surface area contributed by atoms with Crippen molar-refractivity contribution < 1.29 is 9.53 Å². The lowest BCUT2D eigenvalue weighted by Gasteiger charge is -2.11. The summed E-state index contributed by atoms with van der Waals surface area (Å²) >= 11 is 0. The maximum atomic E-state index is 12.8. The second-order valence-electron chi connectivity index (χ2n) is 7.39. The summed E-state index contributed by atoms with van der Waals surface area (Å²) in [7, 11) is 1.85. The van der Waals surface area contributed by atoms with Gasteiger partial charge in [-0.15, -0.1) is 0 Å². The summed E-state index contributed by atoms with van der Waals surface area (Å²) in [4.78, 5) is 34.3. The molecule has 9 heteroatoms. The van der Waals surface area contributed by atoms with Crippen LogP contribution in [0.25, 0.3) is 22.4 Å². The number of nitrogens with zero attached hydrogens (tertiary/aromatic N) is 6. The van der Waals surface area contributed by atoms with E-state index in [1.54, 1.807) is 36.8 Å². The van der Waals surface area contributed by atoms with Crippen molar-refractivity contribution in [3.8, 4) is 23.0 Å². The van der Waals surface area contributed by atoms with Crippen LogP contribution in [0.1, 0.15) is 16.1 Å². The molecule has 0 unspecified atom stereocenters. The van der Waals surface area contributed by atoms with Gasteiger partial charge in [-0.2, -0.15) is 4.98 Å². The molecule has 0 saturated heterocycles. The van der Waals surface area contributed by atoms with Crippen LogP contribution >= 0.6 is 0 Å². The Hall–Kier alpha value is -4.66. The Morgan fingerprint density at radius 1 is 1.03 bits per heavy atom. The number of carbonyl (C=O) groups excluding carboxylic acids is 1. The van der Waals surface area contributed by atoms with E-state index < -0.39 is 0 Å². The summed E-state index contributed by atoms with van der Waals surface area (Å²) in [5, 5.41) is 2.85. The van der Waals surface area contributed by atoms with E-state index in [2.05, 4.69) is 30.2 Å². The minimum absolute atomic E-state index is 0.197. The van der Waals surface area contributed by atoms with Crippen molar-refractivity contribution in [1.82, 2.24) is 29.5 Å². The largest absolute Gasteiger partial charge is 0.424 e. The van der Waals surface area contributed by atoms with Crippen molar-refractivity contribution >= 4 is 22.8 Å². The molecule has 1 aromatic carbocycles. The van der Waals surface area contributed by atoms with Crippen molar-refractivity contribution in [2.75, 3.05) is 5.32 Å². The van der Waals surface area contributed by atoms with Crippen LogP contribution in [0.5, 0.6) is 11.8 Å². The summed E-state index contributed by atoms with van der Waals surface area (Å²) in [6.45, 7) is 1.90. The van der Waals surface area contributed by atoms with E-state index in [4.69, 9.17) is 4.74 Å². The Balaban J connectivity index is 1.37. The number of carbonyl (C=O) groups is 1. The number of aryl methyl sites for hydroxylation is 2. The number of aromatic nitrogens is 6. The van der Waals surface area contributed by atoms with Gasteiger partial charge in [-0.1, -0.05) is 6.07 Å². The lowest BCUT2D eigenvalue weighted by Crippen LogP contribution is -2.14. The Morgan fingerprint density at radius 2 is 1.94 bits per heavy atom. The fourth-order valence-electron chi connectivity index (χ4n) is 3.27. The van der Waals surface area contributed by atoms with Crippen LogP contribution in [0.3, 0.4) is 0 Å². The minimum Gasteiger partial charge on any atom is -0.424 e. The molecule has 1 N–H and O–H groups in total. The van der Waals surface area contributed by atoms with E-state index in [-0.39, 0.29) is 17.6 Å². The third kappa shape index (κ3) is 4.24. The second-order valence-corrected chi connectivity index (χ2v) is 7.39. The van der Waals surface area contributed by atoms with Gasteiger partial charge in [0.05, 0.1) is 11.9 Å². The molecule has 0 aliphatic carbocycles. The lowest BCUT2D eigenvalue weighted by atomic mass is 10.2. The highest BCUT2D eigenvalue weighted by atomic mass is 16.5. The summed E-state index contributed by atoms with van der Waals surface area (Å²) in [5.74, 6) is 0.162. The SMILES string of the molecule is Cc1ccc(NC(=O)c2cnc3ccn(C)c3n2)cc1Oc1nccc(-c2cccnc2)n1. The summed E-state index contributed by atoms with van der Waals surface area (Å²) in [6.07, 6.45) is 8.37. The number of anilines is 1. The summed E-state index contributed by atoms with van der Waals surface area (Å²) < 4.78 is 7.75. The molecule has 4 aromatic heterocycles. The molecule has 0 fully saturated rings. The van der Waals surface area contributed by atoms with E-state index in [1.807, 2.05) is 49.0 Å². The van der Waals surface area contributed by atoms with Crippen LogP contribution in [0.15, 0.2) is 73.4 Å². The molecule has 1 amide bonds. The normalized spacial score (nSPS) is 10.8. The van der Waals surface area contributed by atoms with Crippen LogP contribution in [-0.2, 0) is 7.05 Å². The monoisotopic (exact) mass is 437 g/mol. The molecule has 0 saturated carbocycles. The molecule has 5 rings (SSSR count). The number of fused-ring (bicyclic) bond motifs is 1. The first-order valence-corrected chi connectivity index (χ1v) is 10.2. The van der Waals surface area contributed by atoms with Gasteiger partial charge in [0.15, 0.2) is 5.65 Å². The van der Waals surface area contributed by atoms with E-state index in [0.29, 0.717) is 22.8 Å². The Bertz CT molecular complexity index is 1460. The summed E-state index contributed by atoms with van der Waals surface area (Å²) in [5.41, 5.74) is 4.57. The second kappa shape index (κ2) is 8.46. The van der Waals surface area contributed by atoms with Crippen molar-refractivity contribution in [2.24, 2.45) is 7.05 Å². The van der Waals surface area contributed by atoms with Crippen molar-refractivity contribution in [3.63, 3.8) is 0 Å². The zero-order valence-corrected chi connectivity index (χ0v) is 17.9. The average Bonchev–Trinajstić information content (AvgIpc) is 3.22. The number of hydrogen-bond donors (Lipinski definition) is 1. The molecule has 162 valence electrons. The molecule has 0 aliphatic rings. The van der Waals surface area contributed by atoms with E-state index in [1.165, 1.54) is 6.20 Å². The number of benzene rings is 1. The molecule has 0 atom stereocenters. The predicted octanol–water partition coefficient (Wildman–Crippen LogP) is 4.17. The van der Waals surface area contributed by atoms with Gasteiger partial charge in [-0.25, -0.2) is 9.97 Å². The van der Waals surface area contributed by atoms with Gasteiger partial charge < -0.3 is 14.6 Å². The number of hydrogen-bond acceptors (Lipinski definition) is 7. The van der Waals surface area contributed by atoms with Gasteiger partial charge >= 0.3 is 6.01 Å². The fourth-order valence-corrected chi connectivity index (χ4v) is 3.27. The van der Waals surface area contributed by atoms with Gasteiger partial charge in [0.25, 0.3) is 5.91 Å². The third-order valence-corrected chi connectivity index (χ3v) is 5.04. The highest BCUT2D eigenvalue weighted by Gasteiger charge is 2.13. The molecule has 9 nitrogen and oxygen atoms in total. The average molecular weight is 437 g/mol. The predicted molar refractivity (Wildman–Crippen MR) is 123 cm³/mol. The van der Waals surface area contributed by atoms with E-state index in [0.717, 1.165) is 16.6 Å². The van der Waals surface area contributed by atoms with Crippen LogP contribution in [0, 0.1) is 6.92 Å². The number of nitrogens with one attached hydrogen (secondary N) is 1. The molecule has 33 heavy (non-hydrogen) atoms. The van der Waals surface area contributed by atoms with E-state index >= 15 is 0 Å². The van der Waals surface area contributed by atoms with Gasteiger partial charge in [-0.05, 0) is 42.8 Å². The van der Waals surface area contributed by atoms with Gasteiger partial charge in [-0.3, -0.25) is 14.8 Å². The molecule has 4 heterocycles. The van der Waals surface area contributed by atoms with Gasteiger partial charge in [0.1, 0.15) is 17.0 Å². The van der Waals surface area contributed by atoms with Crippen molar-refractivity contribution in [2.45, 2.75) is 6.92 Å². The minimum atomic E-state index is -0.366. The Kier molecular flexibility index (Phi) is 5.19. The topological polar surface area (TPSA) is 108 Å². The zero-order chi connectivity index (χ0) is 22.8. The third-order valence-electron chi connectivity index (χ3n) is 5.04. The number of amides is 1. The standard InChI is InChI=1S/C24H19N7O2/c1-15-5-6-17(28-23(32)20-14-27-19-8-11-31(2)22(19)29-20)12-21(15)33-24-26-10-7-18(30-24)16-4-3-9-25-13-16/h3-14H,1-2H3,(H,28,32). The molecule has 0 spiro atoms. The van der Waals surface area contributed by atoms with Crippen LogP contribution < -0.4 is 10.1 Å². The molecule has 0 radical (unpaired) electrons. The van der Waals surface area contributed by atoms with Crippen molar-refractivity contribution in [1.29, 1.82) is 0 Å². The molecule has 0 bridgehead atoms. The summed E-state index contributed by atoms with van der Waals surface area (Å²) in [6, 6.07) is 13.0. The smallest absolute Gasteiger partial charge is 0.322 e. The maximum absolute atomic E-state index is 12.8. The molecule has 0 aliphatic heterocycles.